The van der Waals surface area contributed by atoms with Crippen LogP contribution in [0.15, 0.2) is 35.0 Å². The number of rotatable bonds is 6. The minimum absolute atomic E-state index is 0.0153. The van der Waals surface area contributed by atoms with Crippen LogP contribution in [0.2, 0.25) is 5.02 Å². The van der Waals surface area contributed by atoms with E-state index in [1.54, 1.807) is 6.07 Å². The van der Waals surface area contributed by atoms with Gasteiger partial charge in [-0.3, -0.25) is 4.79 Å². The van der Waals surface area contributed by atoms with Crippen molar-refractivity contribution in [2.24, 2.45) is 0 Å². The largest absolute Gasteiger partial charge is 0.474 e. The lowest BCUT2D eigenvalue weighted by Crippen LogP contribution is -2.26. The smallest absolute Gasteiger partial charge is 0.455 e. The summed E-state index contributed by atoms with van der Waals surface area (Å²) >= 11 is 5.76. The topological polar surface area (TPSA) is 90.1 Å². The summed E-state index contributed by atoms with van der Waals surface area (Å²) in [5, 5.41) is 5.15. The summed E-state index contributed by atoms with van der Waals surface area (Å²) in [6.45, 7) is -0.423. The average Bonchev–Trinajstić information content (AvgIpc) is 3.21. The third kappa shape index (κ3) is 4.82. The number of nitrogens with zero attached hydrogens (tertiary/aromatic N) is 3. The van der Waals surface area contributed by atoms with Gasteiger partial charge in [0.25, 0.3) is 11.7 Å². The Hall–Kier alpha value is -3.21. The summed E-state index contributed by atoms with van der Waals surface area (Å²) in [5.41, 5.74) is 0.847. The Labute approximate surface area is 183 Å². The van der Waals surface area contributed by atoms with Crippen molar-refractivity contribution in [1.82, 2.24) is 20.4 Å². The first-order chi connectivity index (χ1) is 15.2. The zero-order valence-electron chi connectivity index (χ0n) is 16.2. The van der Waals surface area contributed by atoms with Gasteiger partial charge in [-0.2, -0.15) is 18.2 Å². The van der Waals surface area contributed by atoms with E-state index in [4.69, 9.17) is 16.3 Å². The molecule has 0 atom stereocenters. The molecule has 0 saturated heterocycles. The molecule has 2 heterocycles. The van der Waals surface area contributed by atoms with Crippen molar-refractivity contribution in [3.8, 4) is 17.0 Å². The fraction of sp³-hybridized carbons (Fsp3) is 0.300. The molecule has 12 heteroatoms. The summed E-state index contributed by atoms with van der Waals surface area (Å²) in [6, 6.07) is 5.59. The number of ether oxygens (including phenoxy) is 1. The van der Waals surface area contributed by atoms with E-state index in [-0.39, 0.29) is 22.6 Å². The molecule has 1 N–H and O–H groups in total. The Bertz CT molecular complexity index is 1150. The molecule has 32 heavy (non-hydrogen) atoms. The third-order valence-corrected chi connectivity index (χ3v) is 5.10. The van der Waals surface area contributed by atoms with Crippen LogP contribution in [0, 0.1) is 5.82 Å². The molecule has 0 aliphatic heterocycles. The number of pyridine rings is 1. The highest BCUT2D eigenvalue weighted by molar-refractivity contribution is 6.30. The Kier molecular flexibility index (Phi) is 6.00. The maximum absolute atomic E-state index is 14.0. The van der Waals surface area contributed by atoms with Crippen molar-refractivity contribution in [1.29, 1.82) is 0 Å². The number of nitrogens with one attached hydrogen (secondary N) is 1. The Morgan fingerprint density at radius 2 is 2.06 bits per heavy atom. The summed E-state index contributed by atoms with van der Waals surface area (Å²) in [5.74, 6) is -2.92. The summed E-state index contributed by atoms with van der Waals surface area (Å²) in [7, 11) is 0. The highest BCUT2D eigenvalue weighted by Gasteiger charge is 2.37. The number of aromatic nitrogens is 3. The van der Waals surface area contributed by atoms with E-state index in [1.807, 2.05) is 0 Å². The number of alkyl halides is 3. The third-order valence-electron chi connectivity index (χ3n) is 4.80. The summed E-state index contributed by atoms with van der Waals surface area (Å²) in [4.78, 5) is 19.9. The van der Waals surface area contributed by atoms with Gasteiger partial charge < -0.3 is 14.6 Å². The lowest BCUT2D eigenvalue weighted by atomic mass is 9.96. The van der Waals surface area contributed by atoms with Gasteiger partial charge in [-0.25, -0.2) is 9.37 Å². The Balaban J connectivity index is 1.56. The first kappa shape index (κ1) is 22.0. The molecule has 2 aromatic heterocycles. The van der Waals surface area contributed by atoms with Crippen molar-refractivity contribution in [3.05, 3.63) is 58.6 Å². The second-order valence-corrected chi connectivity index (χ2v) is 7.48. The molecular weight excluding hydrogens is 456 g/mol. The van der Waals surface area contributed by atoms with Crippen molar-refractivity contribution >= 4 is 17.5 Å². The van der Waals surface area contributed by atoms with Crippen LogP contribution in [-0.2, 0) is 12.7 Å². The summed E-state index contributed by atoms with van der Waals surface area (Å²) in [6.07, 6.45) is -0.756. The second kappa shape index (κ2) is 8.73. The number of hydrogen-bond acceptors (Lipinski definition) is 6. The van der Waals surface area contributed by atoms with Crippen LogP contribution in [0.25, 0.3) is 11.1 Å². The molecule has 1 aromatic carbocycles. The predicted molar refractivity (Wildman–Crippen MR) is 103 cm³/mol. The van der Waals surface area contributed by atoms with E-state index in [2.05, 4.69) is 25.0 Å². The van der Waals surface area contributed by atoms with Gasteiger partial charge in [0.05, 0.1) is 17.1 Å². The molecule has 168 valence electrons. The second-order valence-electron chi connectivity index (χ2n) is 7.07. The van der Waals surface area contributed by atoms with Crippen LogP contribution >= 0.6 is 11.6 Å². The number of halogens is 5. The van der Waals surface area contributed by atoms with Gasteiger partial charge >= 0.3 is 6.18 Å². The van der Waals surface area contributed by atoms with E-state index in [1.165, 1.54) is 24.4 Å². The van der Waals surface area contributed by atoms with E-state index in [0.717, 1.165) is 19.3 Å². The molecule has 1 amide bonds. The van der Waals surface area contributed by atoms with Crippen molar-refractivity contribution in [2.75, 3.05) is 0 Å². The van der Waals surface area contributed by atoms with Crippen molar-refractivity contribution in [3.63, 3.8) is 0 Å². The Morgan fingerprint density at radius 1 is 1.28 bits per heavy atom. The van der Waals surface area contributed by atoms with Gasteiger partial charge in [0, 0.05) is 11.8 Å². The monoisotopic (exact) mass is 470 g/mol. The fourth-order valence-electron chi connectivity index (χ4n) is 2.89. The number of hydrogen-bond donors (Lipinski definition) is 1. The van der Waals surface area contributed by atoms with Gasteiger partial charge in [0.2, 0.25) is 11.8 Å². The van der Waals surface area contributed by atoms with Crippen LogP contribution in [0.4, 0.5) is 17.6 Å². The normalized spacial score (nSPS) is 14.2. The maximum Gasteiger partial charge on any atom is 0.455 e. The van der Waals surface area contributed by atoms with Gasteiger partial charge in [-0.05, 0) is 43.0 Å². The number of carbonyl (C=O) groups is 1. The van der Waals surface area contributed by atoms with Gasteiger partial charge in [0.1, 0.15) is 11.9 Å². The minimum atomic E-state index is -4.76. The Morgan fingerprint density at radius 3 is 2.69 bits per heavy atom. The van der Waals surface area contributed by atoms with Gasteiger partial charge in [-0.15, -0.1) is 0 Å². The SMILES string of the molecule is O=C(NCc1nc(C(F)(F)F)no1)c1cnc(OC2CCC2)c(-c2ccc(Cl)c(F)c2)c1. The van der Waals surface area contributed by atoms with Crippen molar-refractivity contribution < 1.29 is 31.6 Å². The molecular formula is C20H15ClF4N4O3. The molecule has 0 bridgehead atoms. The molecule has 1 aliphatic carbocycles. The number of amides is 1. The fourth-order valence-corrected chi connectivity index (χ4v) is 3.00. The van der Waals surface area contributed by atoms with E-state index in [0.29, 0.717) is 11.1 Å². The molecule has 4 rings (SSSR count). The lowest BCUT2D eigenvalue weighted by Gasteiger charge is -2.27. The number of carbonyl (C=O) groups excluding carboxylic acids is 1. The molecule has 7 nitrogen and oxygen atoms in total. The van der Waals surface area contributed by atoms with Gasteiger partial charge in [-0.1, -0.05) is 22.8 Å². The van der Waals surface area contributed by atoms with Crippen molar-refractivity contribution in [2.45, 2.75) is 38.1 Å². The molecule has 1 fully saturated rings. The van der Waals surface area contributed by atoms with Crippen LogP contribution in [0.1, 0.15) is 41.3 Å². The van der Waals surface area contributed by atoms with E-state index in [9.17, 15) is 22.4 Å². The highest BCUT2D eigenvalue weighted by atomic mass is 35.5. The zero-order valence-corrected chi connectivity index (χ0v) is 17.0. The number of benzene rings is 1. The van der Waals surface area contributed by atoms with E-state index >= 15 is 0 Å². The molecule has 0 unspecified atom stereocenters. The standard InChI is InChI=1S/C20H15ClF4N4O3/c21-14-5-4-10(7-15(14)22)13-6-11(8-27-18(13)31-12-2-1-3-12)17(30)26-9-16-28-19(29-32-16)20(23,24)25/h4-8,12H,1-3,9H2,(H,26,30). The van der Waals surface area contributed by atoms with Gasteiger partial charge in [0.15, 0.2) is 0 Å². The van der Waals surface area contributed by atoms with Crippen LogP contribution in [0.5, 0.6) is 5.88 Å². The quantitative estimate of drug-likeness (QED) is 0.520. The van der Waals surface area contributed by atoms with Crippen LogP contribution in [0.3, 0.4) is 0 Å². The zero-order chi connectivity index (χ0) is 22.9. The highest BCUT2D eigenvalue weighted by Crippen LogP contribution is 2.34. The molecule has 1 saturated carbocycles. The average molecular weight is 471 g/mol. The van der Waals surface area contributed by atoms with Crippen LogP contribution in [-0.4, -0.2) is 27.1 Å². The predicted octanol–water partition coefficient (Wildman–Crippen LogP) is 4.80. The molecule has 0 spiro atoms. The maximum atomic E-state index is 14.0. The van der Waals surface area contributed by atoms with Crippen LogP contribution < -0.4 is 10.1 Å². The first-order valence-electron chi connectivity index (χ1n) is 9.51. The minimum Gasteiger partial charge on any atom is -0.474 e. The molecule has 0 radical (unpaired) electrons. The first-order valence-corrected chi connectivity index (χ1v) is 9.88. The van der Waals surface area contributed by atoms with E-state index < -0.39 is 36.2 Å². The molecule has 3 aromatic rings. The summed E-state index contributed by atoms with van der Waals surface area (Å²) < 4.78 is 62.0. The lowest BCUT2D eigenvalue weighted by molar-refractivity contribution is -0.146. The molecule has 1 aliphatic rings.